The van der Waals surface area contributed by atoms with Crippen molar-refractivity contribution in [1.82, 2.24) is 4.90 Å². The predicted octanol–water partition coefficient (Wildman–Crippen LogP) is 8.08. The van der Waals surface area contributed by atoms with E-state index in [2.05, 4.69) is 34.1 Å². The van der Waals surface area contributed by atoms with Gasteiger partial charge < -0.3 is 9.47 Å². The van der Waals surface area contributed by atoms with E-state index < -0.39 is 0 Å². The third-order valence-corrected chi connectivity index (χ3v) is 7.83. The Bertz CT molecular complexity index is 1550. The zero-order valence-corrected chi connectivity index (χ0v) is 22.9. The Morgan fingerprint density at radius 1 is 0.973 bits per heavy atom. The molecule has 5 nitrogen and oxygen atoms in total. The smallest absolute Gasteiger partial charge is 0.293 e. The lowest BCUT2D eigenvalue weighted by Gasteiger charge is -2.15. The Morgan fingerprint density at radius 3 is 2.51 bits per heavy atom. The summed E-state index contributed by atoms with van der Waals surface area (Å²) in [4.78, 5) is 27.1. The molecule has 0 spiro atoms. The lowest BCUT2D eigenvalue weighted by atomic mass is 10.1. The van der Waals surface area contributed by atoms with Crippen LogP contribution in [0.15, 0.2) is 88.2 Å². The van der Waals surface area contributed by atoms with E-state index in [1.165, 1.54) is 4.90 Å². The molecular formula is C29H21BrClNO4S. The van der Waals surface area contributed by atoms with Gasteiger partial charge in [0, 0.05) is 5.02 Å². The van der Waals surface area contributed by atoms with E-state index in [1.807, 2.05) is 36.4 Å². The average Bonchev–Trinajstić information content (AvgIpc) is 3.16. The largest absolute Gasteiger partial charge is 0.493 e. The second-order valence-electron chi connectivity index (χ2n) is 8.32. The van der Waals surface area contributed by atoms with Gasteiger partial charge in [-0.3, -0.25) is 14.5 Å². The summed E-state index contributed by atoms with van der Waals surface area (Å²) in [5.41, 5.74) is 2.47. The number of hydrogen-bond acceptors (Lipinski definition) is 5. The van der Waals surface area contributed by atoms with Crippen LogP contribution in [-0.2, 0) is 17.9 Å². The highest BCUT2D eigenvalue weighted by atomic mass is 79.9. The number of carbonyl (C=O) groups excluding carboxylic acids is 2. The maximum atomic E-state index is 13.0. The van der Waals surface area contributed by atoms with Gasteiger partial charge in [0.05, 0.1) is 23.0 Å². The van der Waals surface area contributed by atoms with Crippen LogP contribution >= 0.6 is 39.3 Å². The van der Waals surface area contributed by atoms with Crippen molar-refractivity contribution in [1.29, 1.82) is 0 Å². The minimum atomic E-state index is -0.360. The average molecular weight is 595 g/mol. The summed E-state index contributed by atoms with van der Waals surface area (Å²) in [6.07, 6.45) is 1.68. The molecule has 0 aliphatic carbocycles. The number of fused-ring (bicyclic) bond motifs is 1. The number of amides is 2. The van der Waals surface area contributed by atoms with Crippen molar-refractivity contribution in [2.24, 2.45) is 0 Å². The van der Waals surface area contributed by atoms with Crippen molar-refractivity contribution in [3.63, 3.8) is 0 Å². The molecular weight excluding hydrogens is 574 g/mol. The molecule has 8 heteroatoms. The van der Waals surface area contributed by atoms with Gasteiger partial charge in [0.1, 0.15) is 6.61 Å². The SMILES string of the molecule is COc1cc(/C=C2/SC(=O)N(Cc3ccccc3Cl)C2=O)cc(Br)c1OCc1cccc2ccccc12. The zero-order chi connectivity index (χ0) is 25.9. The van der Waals surface area contributed by atoms with Crippen molar-refractivity contribution < 1.29 is 19.1 Å². The normalized spacial score (nSPS) is 14.6. The molecule has 1 fully saturated rings. The van der Waals surface area contributed by atoms with Crippen LogP contribution in [0.25, 0.3) is 16.8 Å². The van der Waals surface area contributed by atoms with Gasteiger partial charge in [-0.1, -0.05) is 72.3 Å². The maximum absolute atomic E-state index is 13.0. The van der Waals surface area contributed by atoms with Gasteiger partial charge in [-0.15, -0.1) is 0 Å². The van der Waals surface area contributed by atoms with Crippen molar-refractivity contribution in [3.05, 3.63) is 110 Å². The first kappa shape index (κ1) is 25.4. The van der Waals surface area contributed by atoms with Crippen LogP contribution < -0.4 is 9.47 Å². The molecule has 4 aromatic carbocycles. The van der Waals surface area contributed by atoms with Gasteiger partial charge in [0.15, 0.2) is 11.5 Å². The molecule has 2 amide bonds. The van der Waals surface area contributed by atoms with E-state index in [0.29, 0.717) is 43.6 Å². The van der Waals surface area contributed by atoms with Gasteiger partial charge in [0.2, 0.25) is 0 Å². The summed E-state index contributed by atoms with van der Waals surface area (Å²) < 4.78 is 12.4. The summed E-state index contributed by atoms with van der Waals surface area (Å²) in [5, 5.41) is 2.45. The molecule has 0 aromatic heterocycles. The molecule has 1 aliphatic rings. The number of thioether (sulfide) groups is 1. The van der Waals surface area contributed by atoms with Gasteiger partial charge in [-0.25, -0.2) is 0 Å². The minimum Gasteiger partial charge on any atom is -0.493 e. The molecule has 0 radical (unpaired) electrons. The monoisotopic (exact) mass is 593 g/mol. The molecule has 37 heavy (non-hydrogen) atoms. The number of carbonyl (C=O) groups is 2. The summed E-state index contributed by atoms with van der Waals surface area (Å²) in [6, 6.07) is 25.1. The number of hydrogen-bond donors (Lipinski definition) is 0. The van der Waals surface area contributed by atoms with Crippen LogP contribution in [0.2, 0.25) is 5.02 Å². The molecule has 1 aliphatic heterocycles. The Balaban J connectivity index is 1.37. The molecule has 186 valence electrons. The van der Waals surface area contributed by atoms with Gasteiger partial charge >= 0.3 is 0 Å². The fraction of sp³-hybridized carbons (Fsp3) is 0.103. The highest BCUT2D eigenvalue weighted by Gasteiger charge is 2.35. The van der Waals surface area contributed by atoms with Gasteiger partial charge in [0.25, 0.3) is 11.1 Å². The van der Waals surface area contributed by atoms with Crippen LogP contribution in [0.1, 0.15) is 16.7 Å². The number of halogens is 2. The minimum absolute atomic E-state index is 0.121. The Morgan fingerprint density at radius 2 is 1.70 bits per heavy atom. The quantitative estimate of drug-likeness (QED) is 0.203. The van der Waals surface area contributed by atoms with Crippen molar-refractivity contribution in [3.8, 4) is 11.5 Å². The van der Waals surface area contributed by atoms with Crippen molar-refractivity contribution >= 4 is 67.3 Å². The van der Waals surface area contributed by atoms with Crippen LogP contribution in [0.3, 0.4) is 0 Å². The first-order chi connectivity index (χ1) is 17.9. The topological polar surface area (TPSA) is 55.8 Å². The maximum Gasteiger partial charge on any atom is 0.293 e. The molecule has 4 aromatic rings. The van der Waals surface area contributed by atoms with E-state index in [0.717, 1.165) is 28.1 Å². The van der Waals surface area contributed by atoms with Crippen LogP contribution in [0.4, 0.5) is 4.79 Å². The third kappa shape index (κ3) is 5.39. The molecule has 0 atom stereocenters. The number of imide groups is 1. The standard InChI is InChI=1S/C29H21BrClNO4S/c1-35-25-14-18(15-26-28(33)32(29(34)37-26)16-20-8-3-5-12-24(20)31)13-23(30)27(25)36-17-21-10-6-9-19-7-2-4-11-22(19)21/h2-15H,16-17H2,1H3/b26-15+. The highest BCUT2D eigenvalue weighted by molar-refractivity contribution is 9.10. The summed E-state index contributed by atoms with van der Waals surface area (Å²) in [7, 11) is 1.56. The summed E-state index contributed by atoms with van der Waals surface area (Å²) in [5.74, 6) is 0.705. The molecule has 0 N–H and O–H groups in total. The van der Waals surface area contributed by atoms with Crippen molar-refractivity contribution in [2.75, 3.05) is 7.11 Å². The number of ether oxygens (including phenoxy) is 2. The number of nitrogens with zero attached hydrogens (tertiary/aromatic N) is 1. The lowest BCUT2D eigenvalue weighted by molar-refractivity contribution is -0.123. The van der Waals surface area contributed by atoms with Crippen LogP contribution in [-0.4, -0.2) is 23.2 Å². The van der Waals surface area contributed by atoms with E-state index >= 15 is 0 Å². The third-order valence-electron chi connectivity index (χ3n) is 5.96. The van der Waals surface area contributed by atoms with Crippen LogP contribution in [0, 0.1) is 0 Å². The Labute approximate surface area is 232 Å². The first-order valence-electron chi connectivity index (χ1n) is 11.4. The molecule has 1 saturated heterocycles. The summed E-state index contributed by atoms with van der Waals surface area (Å²) >= 11 is 10.7. The number of rotatable bonds is 7. The second-order valence-corrected chi connectivity index (χ2v) is 10.6. The molecule has 0 saturated carbocycles. The second kappa shape index (κ2) is 11.0. The van der Waals surface area contributed by atoms with E-state index in [9.17, 15) is 9.59 Å². The fourth-order valence-electron chi connectivity index (χ4n) is 4.12. The Kier molecular flexibility index (Phi) is 7.55. The number of benzene rings is 4. The van der Waals surface area contributed by atoms with Crippen LogP contribution in [0.5, 0.6) is 11.5 Å². The van der Waals surface area contributed by atoms with E-state index in [1.54, 1.807) is 37.5 Å². The highest BCUT2D eigenvalue weighted by Crippen LogP contribution is 2.40. The summed E-state index contributed by atoms with van der Waals surface area (Å²) in [6.45, 7) is 0.478. The zero-order valence-electron chi connectivity index (χ0n) is 19.7. The predicted molar refractivity (Wildman–Crippen MR) is 152 cm³/mol. The van der Waals surface area contributed by atoms with Crippen molar-refractivity contribution in [2.45, 2.75) is 13.2 Å². The first-order valence-corrected chi connectivity index (χ1v) is 13.4. The molecule has 0 unspecified atom stereocenters. The number of methoxy groups -OCH3 is 1. The molecule has 0 bridgehead atoms. The lowest BCUT2D eigenvalue weighted by Crippen LogP contribution is -2.27. The molecule has 5 rings (SSSR count). The van der Waals surface area contributed by atoms with E-state index in [4.69, 9.17) is 21.1 Å². The van der Waals surface area contributed by atoms with E-state index in [-0.39, 0.29) is 17.7 Å². The molecule has 1 heterocycles. The van der Waals surface area contributed by atoms with Gasteiger partial charge in [-0.2, -0.15) is 0 Å². The van der Waals surface area contributed by atoms with Gasteiger partial charge in [-0.05, 0) is 79.4 Å². The Hall–Kier alpha value is -3.26. The fourth-order valence-corrected chi connectivity index (χ4v) is 5.72.